The Balaban J connectivity index is 1.90. The number of hydrogen-bond acceptors (Lipinski definition) is 3. The van der Waals surface area contributed by atoms with Gasteiger partial charge < -0.3 is 9.64 Å². The maximum atomic E-state index is 12.5. The fraction of sp³-hybridized carbons (Fsp3) is 0.333. The minimum absolute atomic E-state index is 0.0495. The van der Waals surface area contributed by atoms with E-state index in [0.717, 1.165) is 11.3 Å². The third kappa shape index (κ3) is 2.34. The van der Waals surface area contributed by atoms with Gasteiger partial charge in [0.25, 0.3) is 0 Å². The van der Waals surface area contributed by atoms with E-state index in [-0.39, 0.29) is 24.5 Å². The van der Waals surface area contributed by atoms with Crippen molar-refractivity contribution >= 4 is 17.6 Å². The van der Waals surface area contributed by atoms with Crippen LogP contribution in [0.5, 0.6) is 0 Å². The van der Waals surface area contributed by atoms with E-state index in [9.17, 15) is 9.59 Å². The Labute approximate surface area is 130 Å². The lowest BCUT2D eigenvalue weighted by atomic mass is 9.78. The van der Waals surface area contributed by atoms with E-state index in [4.69, 9.17) is 4.74 Å². The minimum Gasteiger partial charge on any atom is -0.465 e. The van der Waals surface area contributed by atoms with E-state index in [2.05, 4.69) is 0 Å². The van der Waals surface area contributed by atoms with E-state index < -0.39 is 11.9 Å². The smallest absolute Gasteiger partial charge is 0.320 e. The van der Waals surface area contributed by atoms with Crippen molar-refractivity contribution in [3.63, 3.8) is 0 Å². The van der Waals surface area contributed by atoms with E-state index in [1.165, 1.54) is 0 Å². The predicted molar refractivity (Wildman–Crippen MR) is 84.3 cm³/mol. The molecule has 1 heterocycles. The number of allylic oxidation sites excluding steroid dienone is 2. The number of anilines is 1. The predicted octanol–water partition coefficient (Wildman–Crippen LogP) is 2.63. The average molecular weight is 297 g/mol. The Morgan fingerprint density at radius 2 is 1.82 bits per heavy atom. The van der Waals surface area contributed by atoms with Crippen LogP contribution in [0, 0.1) is 18.8 Å². The van der Waals surface area contributed by atoms with Gasteiger partial charge in [0.2, 0.25) is 5.91 Å². The Bertz CT molecular complexity index is 633. The number of esters is 1. The molecule has 22 heavy (non-hydrogen) atoms. The number of ether oxygens (including phenoxy) is 1. The monoisotopic (exact) mass is 297 g/mol. The molecule has 0 radical (unpaired) electrons. The second kappa shape index (κ2) is 5.79. The van der Waals surface area contributed by atoms with Crippen molar-refractivity contribution in [1.29, 1.82) is 0 Å². The Kier molecular flexibility index (Phi) is 3.84. The fourth-order valence-electron chi connectivity index (χ4n) is 3.06. The molecule has 0 unspecified atom stereocenters. The van der Waals surface area contributed by atoms with Crippen molar-refractivity contribution < 1.29 is 14.3 Å². The quantitative estimate of drug-likeness (QED) is 0.487. The highest BCUT2D eigenvalue weighted by Crippen LogP contribution is 2.39. The minimum atomic E-state index is -0.710. The first-order chi connectivity index (χ1) is 10.6. The van der Waals surface area contributed by atoms with Gasteiger partial charge in [-0.25, -0.2) is 0 Å². The standard InChI is InChI=1S/C18H19NO3/c1-3-22-18(21)15-16(13-6-4-5-7-13)19(17(15)20)14-10-8-12(2)9-11-14/h4-11,13,15-16H,3H2,1-2H3/t15-,16-/m0/s1. The number of aryl methyl sites for hydroxylation is 1. The highest BCUT2D eigenvalue weighted by atomic mass is 16.5. The second-order valence-electron chi connectivity index (χ2n) is 5.61. The Morgan fingerprint density at radius 1 is 1.18 bits per heavy atom. The van der Waals surface area contributed by atoms with Crippen molar-refractivity contribution in [3.8, 4) is 0 Å². The molecule has 1 fully saturated rings. The maximum absolute atomic E-state index is 12.5. The number of rotatable bonds is 4. The molecule has 1 aliphatic carbocycles. The first kappa shape index (κ1) is 14.6. The lowest BCUT2D eigenvalue weighted by Gasteiger charge is -2.47. The third-order valence-electron chi connectivity index (χ3n) is 4.17. The first-order valence-corrected chi connectivity index (χ1v) is 7.55. The zero-order chi connectivity index (χ0) is 15.7. The molecule has 0 aromatic heterocycles. The molecule has 3 rings (SSSR count). The summed E-state index contributed by atoms with van der Waals surface area (Å²) in [6.07, 6.45) is 7.93. The zero-order valence-corrected chi connectivity index (χ0v) is 12.7. The van der Waals surface area contributed by atoms with Gasteiger partial charge >= 0.3 is 5.97 Å². The number of hydrogen-bond donors (Lipinski definition) is 0. The molecule has 1 aromatic rings. The highest BCUT2D eigenvalue weighted by molar-refractivity contribution is 6.14. The van der Waals surface area contributed by atoms with Gasteiger partial charge in [0.15, 0.2) is 5.92 Å². The molecule has 2 aliphatic rings. The van der Waals surface area contributed by atoms with Gasteiger partial charge in [-0.15, -0.1) is 0 Å². The molecule has 1 saturated heterocycles. The van der Waals surface area contributed by atoms with Crippen molar-refractivity contribution in [2.75, 3.05) is 11.5 Å². The molecule has 1 amide bonds. The SMILES string of the molecule is CCOC(=O)[C@@H]1C(=O)N(c2ccc(C)cc2)[C@H]1C1C=CC=C1. The summed E-state index contributed by atoms with van der Waals surface area (Å²) in [5, 5.41) is 0. The van der Waals surface area contributed by atoms with Crippen LogP contribution >= 0.6 is 0 Å². The first-order valence-electron chi connectivity index (χ1n) is 7.55. The molecule has 1 aliphatic heterocycles. The van der Waals surface area contributed by atoms with Gasteiger partial charge in [-0.2, -0.15) is 0 Å². The van der Waals surface area contributed by atoms with E-state index in [1.807, 2.05) is 55.5 Å². The summed E-state index contributed by atoms with van der Waals surface area (Å²) < 4.78 is 5.07. The number of benzene rings is 1. The van der Waals surface area contributed by atoms with Crippen LogP contribution in [0.15, 0.2) is 48.6 Å². The van der Waals surface area contributed by atoms with Crippen LogP contribution in [0.1, 0.15) is 12.5 Å². The van der Waals surface area contributed by atoms with Gasteiger partial charge in [0.05, 0.1) is 12.6 Å². The van der Waals surface area contributed by atoms with Crippen molar-refractivity contribution in [3.05, 3.63) is 54.1 Å². The molecule has 0 saturated carbocycles. The van der Waals surface area contributed by atoms with Crippen LogP contribution in [0.2, 0.25) is 0 Å². The summed E-state index contributed by atoms with van der Waals surface area (Å²) in [5.41, 5.74) is 1.96. The van der Waals surface area contributed by atoms with E-state index in [0.29, 0.717) is 0 Å². The highest BCUT2D eigenvalue weighted by Gasteiger charge is 2.55. The summed E-state index contributed by atoms with van der Waals surface area (Å²) in [7, 11) is 0. The summed E-state index contributed by atoms with van der Waals surface area (Å²) in [5.74, 6) is -1.26. The average Bonchev–Trinajstić information content (AvgIpc) is 3.00. The van der Waals surface area contributed by atoms with Crippen LogP contribution in [0.3, 0.4) is 0 Å². The second-order valence-corrected chi connectivity index (χ2v) is 5.61. The van der Waals surface area contributed by atoms with Gasteiger partial charge in [-0.05, 0) is 26.0 Å². The molecule has 2 atom stereocenters. The summed E-state index contributed by atoms with van der Waals surface area (Å²) in [6.45, 7) is 4.04. The van der Waals surface area contributed by atoms with Crippen LogP contribution in [0.25, 0.3) is 0 Å². The molecule has 114 valence electrons. The molecule has 0 bridgehead atoms. The topological polar surface area (TPSA) is 46.6 Å². The van der Waals surface area contributed by atoms with Crippen LogP contribution in [0.4, 0.5) is 5.69 Å². The summed E-state index contributed by atoms with van der Waals surface area (Å²) in [4.78, 5) is 26.3. The molecule has 0 N–H and O–H groups in total. The maximum Gasteiger partial charge on any atom is 0.320 e. The molecular weight excluding hydrogens is 278 g/mol. The lowest BCUT2D eigenvalue weighted by molar-refractivity contribution is -0.157. The fourth-order valence-corrected chi connectivity index (χ4v) is 3.06. The van der Waals surface area contributed by atoms with E-state index >= 15 is 0 Å². The van der Waals surface area contributed by atoms with Crippen LogP contribution in [-0.2, 0) is 14.3 Å². The Hall–Kier alpha value is -2.36. The molecule has 4 heteroatoms. The van der Waals surface area contributed by atoms with Crippen LogP contribution in [-0.4, -0.2) is 24.5 Å². The molecule has 4 nitrogen and oxygen atoms in total. The van der Waals surface area contributed by atoms with Gasteiger partial charge in [-0.3, -0.25) is 9.59 Å². The molecule has 1 aromatic carbocycles. The van der Waals surface area contributed by atoms with E-state index in [1.54, 1.807) is 11.8 Å². The van der Waals surface area contributed by atoms with Gasteiger partial charge in [-0.1, -0.05) is 42.0 Å². The number of nitrogens with zero attached hydrogens (tertiary/aromatic N) is 1. The van der Waals surface area contributed by atoms with Gasteiger partial charge in [0, 0.05) is 11.6 Å². The Morgan fingerprint density at radius 3 is 2.41 bits per heavy atom. The van der Waals surface area contributed by atoms with Crippen molar-refractivity contribution in [1.82, 2.24) is 0 Å². The number of carbonyl (C=O) groups excluding carboxylic acids is 2. The zero-order valence-electron chi connectivity index (χ0n) is 12.7. The molecular formula is C18H19NO3. The molecule has 0 spiro atoms. The summed E-state index contributed by atoms with van der Waals surface area (Å²) in [6, 6.07) is 7.58. The van der Waals surface area contributed by atoms with Crippen LogP contribution < -0.4 is 4.90 Å². The normalized spacial score (nSPS) is 23.7. The number of carbonyl (C=O) groups is 2. The van der Waals surface area contributed by atoms with Crippen molar-refractivity contribution in [2.24, 2.45) is 11.8 Å². The summed E-state index contributed by atoms with van der Waals surface area (Å²) >= 11 is 0. The third-order valence-corrected chi connectivity index (χ3v) is 4.17. The number of amides is 1. The van der Waals surface area contributed by atoms with Gasteiger partial charge in [0.1, 0.15) is 0 Å². The van der Waals surface area contributed by atoms with Crippen molar-refractivity contribution in [2.45, 2.75) is 19.9 Å². The largest absolute Gasteiger partial charge is 0.465 e. The number of β-lactam (4-membered cyclic amide) rings is 1. The lowest BCUT2D eigenvalue weighted by Crippen LogP contribution is -2.66.